The van der Waals surface area contributed by atoms with Crippen LogP contribution in [-0.2, 0) is 5.41 Å². The number of hydrogen-bond donors (Lipinski definition) is 2. The highest BCUT2D eigenvalue weighted by atomic mass is 15.1. The summed E-state index contributed by atoms with van der Waals surface area (Å²) in [4.78, 5) is 9.36. The van der Waals surface area contributed by atoms with Gasteiger partial charge in [0.25, 0.3) is 0 Å². The van der Waals surface area contributed by atoms with Crippen molar-refractivity contribution in [2.75, 3.05) is 18.4 Å². The van der Waals surface area contributed by atoms with E-state index in [0.717, 1.165) is 42.4 Å². The van der Waals surface area contributed by atoms with Crippen molar-refractivity contribution >= 4 is 11.5 Å². The van der Waals surface area contributed by atoms with Crippen molar-refractivity contribution in [2.24, 2.45) is 0 Å². The summed E-state index contributed by atoms with van der Waals surface area (Å²) in [5, 5.41) is 6.90. The topological polar surface area (TPSA) is 54.2 Å². The van der Waals surface area contributed by atoms with Crippen molar-refractivity contribution in [1.29, 1.82) is 0 Å². The summed E-state index contributed by atoms with van der Waals surface area (Å²) in [5.74, 6) is 0.924. The van der Waals surface area contributed by atoms with Gasteiger partial charge in [-0.15, -0.1) is 0 Å². The molecule has 0 radical (unpaired) electrons. The SMILES string of the molecule is CC(C)(C)c1ccc2ncc(-c3cccc(NC4CCNC4)n3)n2c1. The van der Waals surface area contributed by atoms with Gasteiger partial charge in [0.15, 0.2) is 0 Å². The van der Waals surface area contributed by atoms with Crippen molar-refractivity contribution in [3.63, 3.8) is 0 Å². The number of nitrogens with one attached hydrogen (secondary N) is 2. The van der Waals surface area contributed by atoms with E-state index >= 15 is 0 Å². The minimum Gasteiger partial charge on any atom is -0.366 e. The summed E-state index contributed by atoms with van der Waals surface area (Å²) in [6, 6.07) is 10.8. The Balaban J connectivity index is 1.71. The number of hydrogen-bond acceptors (Lipinski definition) is 4. The predicted octanol–water partition coefficient (Wildman–Crippen LogP) is 3.47. The molecule has 1 aliphatic heterocycles. The first-order chi connectivity index (χ1) is 12.0. The zero-order valence-electron chi connectivity index (χ0n) is 15.1. The predicted molar refractivity (Wildman–Crippen MR) is 102 cm³/mol. The Morgan fingerprint density at radius 3 is 2.84 bits per heavy atom. The molecule has 1 unspecified atom stereocenters. The Morgan fingerprint density at radius 2 is 2.08 bits per heavy atom. The van der Waals surface area contributed by atoms with E-state index < -0.39 is 0 Å². The van der Waals surface area contributed by atoms with Crippen molar-refractivity contribution in [3.05, 3.63) is 48.3 Å². The maximum absolute atomic E-state index is 4.82. The highest BCUT2D eigenvalue weighted by Gasteiger charge is 2.17. The zero-order valence-corrected chi connectivity index (χ0v) is 15.1. The summed E-state index contributed by atoms with van der Waals surface area (Å²) >= 11 is 0. The fourth-order valence-electron chi connectivity index (χ4n) is 3.26. The number of aromatic nitrogens is 3. The zero-order chi connectivity index (χ0) is 17.4. The van der Waals surface area contributed by atoms with E-state index in [1.165, 1.54) is 5.56 Å². The van der Waals surface area contributed by atoms with Crippen LogP contribution in [0.3, 0.4) is 0 Å². The van der Waals surface area contributed by atoms with E-state index in [2.05, 4.69) is 65.2 Å². The highest BCUT2D eigenvalue weighted by molar-refractivity contribution is 5.62. The van der Waals surface area contributed by atoms with E-state index in [4.69, 9.17) is 4.98 Å². The standard InChI is InChI=1S/C20H25N5/c1-20(2,3)14-7-8-19-22-12-17(25(19)13-14)16-5-4-6-18(24-16)23-15-9-10-21-11-15/h4-8,12-13,15,21H,9-11H2,1-3H3,(H,23,24). The fraction of sp³-hybridized carbons (Fsp3) is 0.400. The van der Waals surface area contributed by atoms with Crippen LogP contribution in [0, 0.1) is 0 Å². The Labute approximate surface area is 148 Å². The lowest BCUT2D eigenvalue weighted by Gasteiger charge is -2.19. The van der Waals surface area contributed by atoms with Gasteiger partial charge in [-0.2, -0.15) is 0 Å². The summed E-state index contributed by atoms with van der Waals surface area (Å²) < 4.78 is 2.14. The van der Waals surface area contributed by atoms with Crippen LogP contribution >= 0.6 is 0 Å². The van der Waals surface area contributed by atoms with E-state index in [-0.39, 0.29) is 5.41 Å². The molecule has 1 fully saturated rings. The average Bonchev–Trinajstić information content (AvgIpc) is 3.23. The molecule has 130 valence electrons. The van der Waals surface area contributed by atoms with Gasteiger partial charge in [0, 0.05) is 18.8 Å². The third-order valence-corrected chi connectivity index (χ3v) is 4.80. The van der Waals surface area contributed by atoms with Crippen molar-refractivity contribution in [2.45, 2.75) is 38.6 Å². The molecule has 1 aliphatic rings. The Hall–Kier alpha value is -2.40. The second kappa shape index (κ2) is 6.15. The van der Waals surface area contributed by atoms with Crippen molar-refractivity contribution in [3.8, 4) is 11.4 Å². The van der Waals surface area contributed by atoms with Gasteiger partial charge in [-0.25, -0.2) is 9.97 Å². The van der Waals surface area contributed by atoms with Gasteiger partial charge in [-0.1, -0.05) is 32.9 Å². The smallest absolute Gasteiger partial charge is 0.137 e. The molecule has 4 rings (SSSR count). The van der Waals surface area contributed by atoms with Gasteiger partial charge in [0.1, 0.15) is 11.5 Å². The van der Waals surface area contributed by atoms with Crippen LogP contribution in [0.1, 0.15) is 32.8 Å². The molecule has 5 nitrogen and oxygen atoms in total. The first kappa shape index (κ1) is 16.1. The fourth-order valence-corrected chi connectivity index (χ4v) is 3.26. The first-order valence-electron chi connectivity index (χ1n) is 8.93. The number of anilines is 1. The minimum atomic E-state index is 0.0992. The second-order valence-electron chi connectivity index (χ2n) is 7.78. The molecule has 0 amide bonds. The lowest BCUT2D eigenvalue weighted by Crippen LogP contribution is -2.22. The molecule has 3 aromatic heterocycles. The van der Waals surface area contributed by atoms with Gasteiger partial charge < -0.3 is 10.6 Å². The monoisotopic (exact) mass is 335 g/mol. The summed E-state index contributed by atoms with van der Waals surface area (Å²) in [6.45, 7) is 8.74. The molecule has 5 heteroatoms. The molecular weight excluding hydrogens is 310 g/mol. The minimum absolute atomic E-state index is 0.0992. The van der Waals surface area contributed by atoms with E-state index in [1.54, 1.807) is 0 Å². The molecule has 0 aromatic carbocycles. The Kier molecular flexibility index (Phi) is 3.96. The number of nitrogens with zero attached hydrogens (tertiary/aromatic N) is 3. The molecular formula is C20H25N5. The van der Waals surface area contributed by atoms with Gasteiger partial charge in [-0.05, 0) is 42.1 Å². The van der Waals surface area contributed by atoms with Crippen LogP contribution < -0.4 is 10.6 Å². The van der Waals surface area contributed by atoms with E-state index in [0.29, 0.717) is 6.04 Å². The first-order valence-corrected chi connectivity index (χ1v) is 8.93. The third kappa shape index (κ3) is 3.24. The van der Waals surface area contributed by atoms with Gasteiger partial charge in [0.2, 0.25) is 0 Å². The molecule has 3 aromatic rings. The highest BCUT2D eigenvalue weighted by Crippen LogP contribution is 2.26. The van der Waals surface area contributed by atoms with Gasteiger partial charge >= 0.3 is 0 Å². The number of rotatable bonds is 3. The molecule has 0 aliphatic carbocycles. The molecule has 1 saturated heterocycles. The second-order valence-corrected chi connectivity index (χ2v) is 7.78. The molecule has 0 spiro atoms. The summed E-state index contributed by atoms with van der Waals surface area (Å²) in [5.41, 5.74) is 4.29. The average molecular weight is 335 g/mol. The normalized spacial score (nSPS) is 18.0. The number of fused-ring (bicyclic) bond motifs is 1. The Morgan fingerprint density at radius 1 is 1.20 bits per heavy atom. The number of pyridine rings is 2. The number of imidazole rings is 1. The largest absolute Gasteiger partial charge is 0.366 e. The van der Waals surface area contributed by atoms with Crippen LogP contribution in [0.15, 0.2) is 42.7 Å². The third-order valence-electron chi connectivity index (χ3n) is 4.80. The van der Waals surface area contributed by atoms with Gasteiger partial charge in [0.05, 0.1) is 17.6 Å². The maximum Gasteiger partial charge on any atom is 0.137 e. The lowest BCUT2D eigenvalue weighted by atomic mass is 9.88. The van der Waals surface area contributed by atoms with Crippen molar-refractivity contribution in [1.82, 2.24) is 19.7 Å². The molecule has 0 saturated carbocycles. The van der Waals surface area contributed by atoms with Crippen LogP contribution in [0.25, 0.3) is 17.0 Å². The summed E-state index contributed by atoms with van der Waals surface area (Å²) in [7, 11) is 0. The quantitative estimate of drug-likeness (QED) is 0.769. The Bertz CT molecular complexity index is 884. The van der Waals surface area contributed by atoms with Crippen molar-refractivity contribution < 1.29 is 0 Å². The molecule has 25 heavy (non-hydrogen) atoms. The summed E-state index contributed by atoms with van der Waals surface area (Å²) in [6.07, 6.45) is 5.22. The van der Waals surface area contributed by atoms with Gasteiger partial charge in [-0.3, -0.25) is 4.40 Å². The molecule has 4 heterocycles. The van der Waals surface area contributed by atoms with Crippen LogP contribution in [0.4, 0.5) is 5.82 Å². The van der Waals surface area contributed by atoms with Crippen LogP contribution in [-0.4, -0.2) is 33.5 Å². The maximum atomic E-state index is 4.82. The van der Waals surface area contributed by atoms with E-state index in [9.17, 15) is 0 Å². The molecule has 0 bridgehead atoms. The van der Waals surface area contributed by atoms with Crippen LogP contribution in [0.2, 0.25) is 0 Å². The lowest BCUT2D eigenvalue weighted by molar-refractivity contribution is 0.586. The van der Waals surface area contributed by atoms with E-state index in [1.807, 2.05) is 18.3 Å². The van der Waals surface area contributed by atoms with Crippen LogP contribution in [0.5, 0.6) is 0 Å². The molecule has 1 atom stereocenters. The molecule has 2 N–H and O–H groups in total.